The molecule has 0 atom stereocenters. The molecule has 2 rings (SSSR count). The van der Waals surface area contributed by atoms with Crippen LogP contribution in [0.2, 0.25) is 0 Å². The summed E-state index contributed by atoms with van der Waals surface area (Å²) < 4.78 is 1.05. The highest BCUT2D eigenvalue weighted by Crippen LogP contribution is 2.09. The average molecular weight is 305 g/mol. The maximum atomic E-state index is 4.24. The maximum Gasteiger partial charge on any atom is 0.243 e. The smallest absolute Gasteiger partial charge is 0.243 e. The summed E-state index contributed by atoms with van der Waals surface area (Å²) in [5.74, 6) is 0.515. The molecule has 0 aliphatic rings. The van der Waals surface area contributed by atoms with Crippen LogP contribution in [0.3, 0.4) is 0 Å². The third-order valence-electron chi connectivity index (χ3n) is 2.23. The standard InChI is InChI=1S/C13H13BrN4/c1-9-7-10(2)17-13(16-9)18-15-8-11-3-5-12(14)6-4-11/h3-8H,1-2H3,(H,16,17,18)/b15-8-. The van der Waals surface area contributed by atoms with Crippen molar-refractivity contribution in [2.75, 3.05) is 5.43 Å². The average Bonchev–Trinajstić information content (AvgIpc) is 2.30. The van der Waals surface area contributed by atoms with E-state index in [-0.39, 0.29) is 0 Å². The number of nitrogens with one attached hydrogen (secondary N) is 1. The topological polar surface area (TPSA) is 50.2 Å². The predicted octanol–water partition coefficient (Wildman–Crippen LogP) is 3.30. The molecular weight excluding hydrogens is 292 g/mol. The van der Waals surface area contributed by atoms with Gasteiger partial charge >= 0.3 is 0 Å². The van der Waals surface area contributed by atoms with Crippen LogP contribution in [0.1, 0.15) is 17.0 Å². The third kappa shape index (κ3) is 3.63. The van der Waals surface area contributed by atoms with Crippen LogP contribution in [0, 0.1) is 13.8 Å². The largest absolute Gasteiger partial charge is 0.245 e. The number of hydrogen-bond donors (Lipinski definition) is 1. The number of hydrogen-bond acceptors (Lipinski definition) is 4. The Morgan fingerprint density at radius 3 is 2.33 bits per heavy atom. The van der Waals surface area contributed by atoms with Gasteiger partial charge in [-0.25, -0.2) is 15.4 Å². The van der Waals surface area contributed by atoms with Gasteiger partial charge in [0, 0.05) is 15.9 Å². The summed E-state index contributed by atoms with van der Waals surface area (Å²) in [5.41, 5.74) is 5.67. The van der Waals surface area contributed by atoms with E-state index in [1.807, 2.05) is 44.2 Å². The van der Waals surface area contributed by atoms with Gasteiger partial charge in [-0.3, -0.25) is 0 Å². The van der Waals surface area contributed by atoms with Crippen molar-refractivity contribution in [2.45, 2.75) is 13.8 Å². The minimum Gasteiger partial charge on any atom is -0.245 e. The summed E-state index contributed by atoms with van der Waals surface area (Å²) in [6, 6.07) is 9.79. The lowest BCUT2D eigenvalue weighted by Crippen LogP contribution is -1.99. The lowest BCUT2D eigenvalue weighted by atomic mass is 10.2. The molecule has 2 aromatic rings. The van der Waals surface area contributed by atoms with Gasteiger partial charge < -0.3 is 0 Å². The molecule has 1 N–H and O–H groups in total. The van der Waals surface area contributed by atoms with Crippen LogP contribution >= 0.6 is 15.9 Å². The third-order valence-corrected chi connectivity index (χ3v) is 2.76. The number of hydrazone groups is 1. The molecule has 0 aliphatic carbocycles. The molecule has 4 nitrogen and oxygen atoms in total. The van der Waals surface area contributed by atoms with Crippen LogP contribution in [0.5, 0.6) is 0 Å². The summed E-state index contributed by atoms with van der Waals surface area (Å²) in [5, 5.41) is 4.11. The van der Waals surface area contributed by atoms with Crippen molar-refractivity contribution in [3.63, 3.8) is 0 Å². The van der Waals surface area contributed by atoms with E-state index in [1.54, 1.807) is 6.21 Å². The van der Waals surface area contributed by atoms with E-state index in [4.69, 9.17) is 0 Å². The Morgan fingerprint density at radius 1 is 1.11 bits per heavy atom. The first kappa shape index (κ1) is 12.7. The number of benzene rings is 1. The van der Waals surface area contributed by atoms with Crippen LogP contribution < -0.4 is 5.43 Å². The highest BCUT2D eigenvalue weighted by atomic mass is 79.9. The highest BCUT2D eigenvalue weighted by molar-refractivity contribution is 9.10. The highest BCUT2D eigenvalue weighted by Gasteiger charge is 1.96. The van der Waals surface area contributed by atoms with E-state index in [0.717, 1.165) is 21.4 Å². The first-order valence-electron chi connectivity index (χ1n) is 5.50. The molecule has 0 amide bonds. The molecular formula is C13H13BrN4. The minimum atomic E-state index is 0.515. The van der Waals surface area contributed by atoms with Crippen LogP contribution in [-0.4, -0.2) is 16.2 Å². The number of rotatable bonds is 3. The minimum absolute atomic E-state index is 0.515. The van der Waals surface area contributed by atoms with E-state index < -0.39 is 0 Å². The predicted molar refractivity (Wildman–Crippen MR) is 76.9 cm³/mol. The number of aromatic nitrogens is 2. The number of aryl methyl sites for hydroxylation is 2. The van der Waals surface area contributed by atoms with Gasteiger partial charge in [0.15, 0.2) is 0 Å². The van der Waals surface area contributed by atoms with Crippen molar-refractivity contribution in [2.24, 2.45) is 5.10 Å². The van der Waals surface area contributed by atoms with Crippen molar-refractivity contribution in [3.8, 4) is 0 Å². The number of nitrogens with zero attached hydrogens (tertiary/aromatic N) is 3. The Labute approximate surface area is 114 Å². The molecule has 0 radical (unpaired) electrons. The lowest BCUT2D eigenvalue weighted by Gasteiger charge is -2.01. The van der Waals surface area contributed by atoms with Crippen LogP contribution in [0.15, 0.2) is 39.9 Å². The summed E-state index contributed by atoms with van der Waals surface area (Å²) in [4.78, 5) is 8.47. The lowest BCUT2D eigenvalue weighted by molar-refractivity contribution is 1.04. The van der Waals surface area contributed by atoms with Crippen molar-refractivity contribution in [1.29, 1.82) is 0 Å². The zero-order valence-electron chi connectivity index (χ0n) is 10.2. The van der Waals surface area contributed by atoms with Gasteiger partial charge in [-0.1, -0.05) is 28.1 Å². The molecule has 0 aliphatic heterocycles. The van der Waals surface area contributed by atoms with Gasteiger partial charge in [-0.2, -0.15) is 5.10 Å². The second-order valence-electron chi connectivity index (χ2n) is 3.90. The van der Waals surface area contributed by atoms with Gasteiger partial charge in [0.25, 0.3) is 0 Å². The Morgan fingerprint density at radius 2 is 1.72 bits per heavy atom. The first-order valence-corrected chi connectivity index (χ1v) is 6.30. The molecule has 0 fully saturated rings. The molecule has 92 valence electrons. The Hall–Kier alpha value is -1.75. The fraction of sp³-hybridized carbons (Fsp3) is 0.154. The van der Waals surface area contributed by atoms with Crippen LogP contribution in [0.25, 0.3) is 0 Å². The molecule has 0 bridgehead atoms. The second kappa shape index (κ2) is 5.73. The summed E-state index contributed by atoms with van der Waals surface area (Å²) in [6.07, 6.45) is 1.73. The van der Waals surface area contributed by atoms with E-state index >= 15 is 0 Å². The Balaban J connectivity index is 2.04. The molecule has 18 heavy (non-hydrogen) atoms. The summed E-state index contributed by atoms with van der Waals surface area (Å²) >= 11 is 3.39. The molecule has 5 heteroatoms. The SMILES string of the molecule is Cc1cc(C)nc(N/N=C\c2ccc(Br)cc2)n1. The fourth-order valence-electron chi connectivity index (χ4n) is 1.49. The van der Waals surface area contributed by atoms with Gasteiger partial charge in [-0.05, 0) is 37.6 Å². The van der Waals surface area contributed by atoms with E-state index in [0.29, 0.717) is 5.95 Å². The number of halogens is 1. The molecule has 0 unspecified atom stereocenters. The monoisotopic (exact) mass is 304 g/mol. The number of anilines is 1. The molecule has 1 aromatic carbocycles. The Bertz CT molecular complexity index is 543. The first-order chi connectivity index (χ1) is 8.63. The molecule has 0 saturated heterocycles. The molecule has 1 aromatic heterocycles. The van der Waals surface area contributed by atoms with Gasteiger partial charge in [0.2, 0.25) is 5.95 Å². The van der Waals surface area contributed by atoms with Crippen molar-refractivity contribution in [3.05, 3.63) is 51.8 Å². The molecule has 0 saturated carbocycles. The van der Waals surface area contributed by atoms with Gasteiger partial charge in [0.1, 0.15) is 0 Å². The second-order valence-corrected chi connectivity index (χ2v) is 4.81. The van der Waals surface area contributed by atoms with Crippen molar-refractivity contribution < 1.29 is 0 Å². The van der Waals surface area contributed by atoms with Crippen molar-refractivity contribution in [1.82, 2.24) is 9.97 Å². The summed E-state index contributed by atoms with van der Waals surface area (Å²) in [7, 11) is 0. The maximum absolute atomic E-state index is 4.24. The van der Waals surface area contributed by atoms with E-state index in [9.17, 15) is 0 Å². The zero-order valence-corrected chi connectivity index (χ0v) is 11.8. The normalized spacial score (nSPS) is 10.8. The Kier molecular flexibility index (Phi) is 4.04. The van der Waals surface area contributed by atoms with E-state index in [1.165, 1.54) is 0 Å². The summed E-state index contributed by atoms with van der Waals surface area (Å²) in [6.45, 7) is 3.86. The van der Waals surface area contributed by atoms with Gasteiger partial charge in [-0.15, -0.1) is 0 Å². The zero-order chi connectivity index (χ0) is 13.0. The van der Waals surface area contributed by atoms with Crippen LogP contribution in [0.4, 0.5) is 5.95 Å². The van der Waals surface area contributed by atoms with Gasteiger partial charge in [0.05, 0.1) is 6.21 Å². The molecule has 0 spiro atoms. The van der Waals surface area contributed by atoms with E-state index in [2.05, 4.69) is 36.4 Å². The molecule has 1 heterocycles. The quantitative estimate of drug-likeness (QED) is 0.699. The van der Waals surface area contributed by atoms with Crippen LogP contribution in [-0.2, 0) is 0 Å². The van der Waals surface area contributed by atoms with Crippen molar-refractivity contribution >= 4 is 28.1 Å². The fourth-order valence-corrected chi connectivity index (χ4v) is 1.75.